The highest BCUT2D eigenvalue weighted by Crippen LogP contribution is 2.31. The van der Waals surface area contributed by atoms with Crippen LogP contribution in [0.4, 0.5) is 0 Å². The van der Waals surface area contributed by atoms with Crippen LogP contribution in [0.1, 0.15) is 35.7 Å². The van der Waals surface area contributed by atoms with Crippen LogP contribution in [0, 0.1) is 6.92 Å². The molecule has 0 saturated carbocycles. The summed E-state index contributed by atoms with van der Waals surface area (Å²) in [6.45, 7) is 6.08. The second-order valence-corrected chi connectivity index (χ2v) is 6.50. The van der Waals surface area contributed by atoms with Crippen molar-refractivity contribution in [3.05, 3.63) is 35.4 Å². The summed E-state index contributed by atoms with van der Waals surface area (Å²) in [6, 6.07) is 6.77. The molecule has 2 heterocycles. The van der Waals surface area contributed by atoms with Gasteiger partial charge in [0.15, 0.2) is 5.79 Å². The molecule has 24 heavy (non-hydrogen) atoms. The SMILES string of the molecule is Cc1cccc(C(=O)N[C@@H](C)C(=O)N2CCC3(CC2)OCCO3)c1. The summed E-state index contributed by atoms with van der Waals surface area (Å²) < 4.78 is 11.3. The molecule has 130 valence electrons. The number of rotatable bonds is 3. The van der Waals surface area contributed by atoms with E-state index in [0.717, 1.165) is 5.56 Å². The summed E-state index contributed by atoms with van der Waals surface area (Å²) in [7, 11) is 0. The van der Waals surface area contributed by atoms with Crippen molar-refractivity contribution in [1.82, 2.24) is 10.2 Å². The molecule has 0 bridgehead atoms. The highest BCUT2D eigenvalue weighted by molar-refractivity contribution is 5.97. The molecule has 0 aromatic heterocycles. The second kappa shape index (κ2) is 6.91. The fourth-order valence-corrected chi connectivity index (χ4v) is 3.26. The van der Waals surface area contributed by atoms with Gasteiger partial charge in [-0.15, -0.1) is 0 Å². The van der Waals surface area contributed by atoms with Crippen molar-refractivity contribution >= 4 is 11.8 Å². The van der Waals surface area contributed by atoms with Gasteiger partial charge in [0, 0.05) is 31.5 Å². The number of piperidine rings is 1. The average molecular weight is 332 g/mol. The zero-order valence-electron chi connectivity index (χ0n) is 14.2. The molecule has 1 aromatic carbocycles. The molecule has 2 saturated heterocycles. The molecule has 2 amide bonds. The zero-order chi connectivity index (χ0) is 17.2. The van der Waals surface area contributed by atoms with Crippen LogP contribution in [0.15, 0.2) is 24.3 Å². The number of nitrogens with zero attached hydrogens (tertiary/aromatic N) is 1. The molecule has 1 atom stereocenters. The maximum atomic E-state index is 12.6. The van der Waals surface area contributed by atoms with Crippen molar-refractivity contribution in [2.45, 2.75) is 38.5 Å². The van der Waals surface area contributed by atoms with E-state index in [1.165, 1.54) is 0 Å². The number of hydrogen-bond acceptors (Lipinski definition) is 4. The highest BCUT2D eigenvalue weighted by Gasteiger charge is 2.41. The monoisotopic (exact) mass is 332 g/mol. The minimum Gasteiger partial charge on any atom is -0.347 e. The van der Waals surface area contributed by atoms with Crippen molar-refractivity contribution in [3.8, 4) is 0 Å². The summed E-state index contributed by atoms with van der Waals surface area (Å²) >= 11 is 0. The second-order valence-electron chi connectivity index (χ2n) is 6.50. The van der Waals surface area contributed by atoms with E-state index in [1.54, 1.807) is 17.9 Å². The number of aryl methyl sites for hydroxylation is 1. The van der Waals surface area contributed by atoms with Gasteiger partial charge in [-0.3, -0.25) is 9.59 Å². The number of carbonyl (C=O) groups is 2. The highest BCUT2D eigenvalue weighted by atomic mass is 16.7. The van der Waals surface area contributed by atoms with Crippen LogP contribution < -0.4 is 5.32 Å². The van der Waals surface area contributed by atoms with Gasteiger partial charge >= 0.3 is 0 Å². The van der Waals surface area contributed by atoms with E-state index < -0.39 is 11.8 Å². The molecule has 0 unspecified atom stereocenters. The number of benzene rings is 1. The molecule has 1 spiro atoms. The lowest BCUT2D eigenvalue weighted by atomic mass is 10.0. The Morgan fingerprint density at radius 1 is 1.21 bits per heavy atom. The minimum atomic E-state index is -0.558. The van der Waals surface area contributed by atoms with Crippen LogP contribution in [0.3, 0.4) is 0 Å². The molecule has 2 aliphatic rings. The third-order valence-corrected chi connectivity index (χ3v) is 4.65. The lowest BCUT2D eigenvalue weighted by Gasteiger charge is -2.38. The lowest BCUT2D eigenvalue weighted by molar-refractivity contribution is -0.187. The van der Waals surface area contributed by atoms with Gasteiger partial charge in [-0.2, -0.15) is 0 Å². The fraction of sp³-hybridized carbons (Fsp3) is 0.556. The zero-order valence-corrected chi connectivity index (χ0v) is 14.2. The molecule has 0 aliphatic carbocycles. The van der Waals surface area contributed by atoms with Gasteiger partial charge < -0.3 is 19.7 Å². The molecule has 0 radical (unpaired) electrons. The minimum absolute atomic E-state index is 0.0659. The van der Waals surface area contributed by atoms with Crippen molar-refractivity contribution in [3.63, 3.8) is 0 Å². The Bertz CT molecular complexity index is 615. The van der Waals surface area contributed by atoms with Crippen LogP contribution in [0.2, 0.25) is 0 Å². The number of hydrogen-bond donors (Lipinski definition) is 1. The summed E-state index contributed by atoms with van der Waals surface area (Å²) in [5, 5.41) is 2.79. The quantitative estimate of drug-likeness (QED) is 0.910. The van der Waals surface area contributed by atoms with E-state index in [2.05, 4.69) is 5.32 Å². The number of nitrogens with one attached hydrogen (secondary N) is 1. The molecular weight excluding hydrogens is 308 g/mol. The Hall–Kier alpha value is -1.92. The van der Waals surface area contributed by atoms with E-state index >= 15 is 0 Å². The van der Waals surface area contributed by atoms with Crippen molar-refractivity contribution in [2.24, 2.45) is 0 Å². The average Bonchev–Trinajstić information content (AvgIpc) is 3.03. The number of amides is 2. The number of carbonyl (C=O) groups excluding carboxylic acids is 2. The molecule has 1 N–H and O–H groups in total. The van der Waals surface area contributed by atoms with Crippen LogP contribution in [-0.4, -0.2) is 54.8 Å². The van der Waals surface area contributed by atoms with E-state index in [9.17, 15) is 9.59 Å². The molecule has 2 aliphatic heterocycles. The lowest BCUT2D eigenvalue weighted by Crippen LogP contribution is -2.52. The summed E-state index contributed by atoms with van der Waals surface area (Å²) in [5.41, 5.74) is 1.58. The summed E-state index contributed by atoms with van der Waals surface area (Å²) in [4.78, 5) is 26.6. The van der Waals surface area contributed by atoms with Crippen molar-refractivity contribution in [2.75, 3.05) is 26.3 Å². The molecule has 2 fully saturated rings. The molecular formula is C18H24N2O4. The van der Waals surface area contributed by atoms with Gasteiger partial charge in [0.05, 0.1) is 13.2 Å². The topological polar surface area (TPSA) is 67.9 Å². The predicted octanol–water partition coefficient (Wildman–Crippen LogP) is 1.48. The Kier molecular flexibility index (Phi) is 4.87. The van der Waals surface area contributed by atoms with Gasteiger partial charge in [-0.1, -0.05) is 17.7 Å². The first-order valence-corrected chi connectivity index (χ1v) is 8.43. The Labute approximate surface area is 142 Å². The first-order valence-electron chi connectivity index (χ1n) is 8.43. The third kappa shape index (κ3) is 3.60. The smallest absolute Gasteiger partial charge is 0.251 e. The van der Waals surface area contributed by atoms with Crippen molar-refractivity contribution < 1.29 is 19.1 Å². The van der Waals surface area contributed by atoms with Gasteiger partial charge in [0.2, 0.25) is 5.91 Å². The maximum Gasteiger partial charge on any atom is 0.251 e. The maximum absolute atomic E-state index is 12.6. The molecule has 1 aromatic rings. The number of likely N-dealkylation sites (tertiary alicyclic amines) is 1. The Morgan fingerprint density at radius 2 is 1.88 bits per heavy atom. The van der Waals surface area contributed by atoms with Crippen molar-refractivity contribution in [1.29, 1.82) is 0 Å². The third-order valence-electron chi connectivity index (χ3n) is 4.65. The predicted molar refractivity (Wildman–Crippen MR) is 88.6 cm³/mol. The van der Waals surface area contributed by atoms with E-state index in [4.69, 9.17) is 9.47 Å². The number of ether oxygens (including phenoxy) is 2. The normalized spacial score (nSPS) is 20.8. The van der Waals surface area contributed by atoms with Gasteiger partial charge in [-0.05, 0) is 26.0 Å². The van der Waals surface area contributed by atoms with E-state index in [-0.39, 0.29) is 11.8 Å². The van der Waals surface area contributed by atoms with Crippen LogP contribution in [0.5, 0.6) is 0 Å². The Balaban J connectivity index is 1.54. The van der Waals surface area contributed by atoms with E-state index in [1.807, 2.05) is 25.1 Å². The van der Waals surface area contributed by atoms with Crippen LogP contribution in [-0.2, 0) is 14.3 Å². The summed E-state index contributed by atoms with van der Waals surface area (Å²) in [5.74, 6) is -0.787. The largest absolute Gasteiger partial charge is 0.347 e. The van der Waals surface area contributed by atoms with Gasteiger partial charge in [-0.25, -0.2) is 0 Å². The van der Waals surface area contributed by atoms with Crippen LogP contribution >= 0.6 is 0 Å². The first-order chi connectivity index (χ1) is 11.5. The van der Waals surface area contributed by atoms with E-state index in [0.29, 0.717) is 44.7 Å². The fourth-order valence-electron chi connectivity index (χ4n) is 3.26. The Morgan fingerprint density at radius 3 is 2.50 bits per heavy atom. The van der Waals surface area contributed by atoms with Gasteiger partial charge in [0.25, 0.3) is 5.91 Å². The first kappa shape index (κ1) is 16.9. The molecule has 3 rings (SSSR count). The van der Waals surface area contributed by atoms with Gasteiger partial charge in [0.1, 0.15) is 6.04 Å². The standard InChI is InChI=1S/C18H24N2O4/c1-13-4-3-5-15(12-13)16(21)19-14(2)17(22)20-8-6-18(7-9-20)23-10-11-24-18/h3-5,12,14H,6-11H2,1-2H3,(H,19,21)/t14-/m0/s1. The molecule has 6 nitrogen and oxygen atoms in total. The summed E-state index contributed by atoms with van der Waals surface area (Å²) in [6.07, 6.45) is 1.36. The van der Waals surface area contributed by atoms with Crippen LogP contribution in [0.25, 0.3) is 0 Å². The molecule has 6 heteroatoms.